The van der Waals surface area contributed by atoms with Crippen LogP contribution in [0.4, 0.5) is 5.82 Å². The van der Waals surface area contributed by atoms with Gasteiger partial charge >= 0.3 is 0 Å². The summed E-state index contributed by atoms with van der Waals surface area (Å²) in [5.74, 6) is 2.23. The number of hydrogen-bond acceptors (Lipinski definition) is 7. The van der Waals surface area contributed by atoms with E-state index in [1.165, 1.54) is 12.1 Å². The van der Waals surface area contributed by atoms with Crippen molar-refractivity contribution in [3.05, 3.63) is 60.3 Å². The van der Waals surface area contributed by atoms with Gasteiger partial charge < -0.3 is 9.64 Å². The van der Waals surface area contributed by atoms with E-state index >= 15 is 0 Å². The first kappa shape index (κ1) is 28.9. The fraction of sp³-hybridized carbons (Fsp3) is 0.464. The Morgan fingerprint density at radius 2 is 1.82 bits per heavy atom. The zero-order chi connectivity index (χ0) is 28.4. The first-order valence-electron chi connectivity index (χ1n) is 13.0. The van der Waals surface area contributed by atoms with E-state index in [1.54, 1.807) is 47.3 Å². The number of carbonyl (C=O) groups is 1. The number of hydrogen-bond donors (Lipinski definition) is 1. The first-order chi connectivity index (χ1) is 18.2. The molecule has 0 saturated carbocycles. The van der Waals surface area contributed by atoms with Crippen molar-refractivity contribution >= 4 is 31.8 Å². The lowest BCUT2D eigenvalue weighted by Crippen LogP contribution is -2.41. The minimum atomic E-state index is -4.05. The van der Waals surface area contributed by atoms with E-state index in [1.807, 2.05) is 0 Å². The Bertz CT molecular complexity index is 1420. The molecule has 11 heteroatoms. The zero-order valence-corrected chi connectivity index (χ0v) is 25.2. The van der Waals surface area contributed by atoms with Crippen molar-refractivity contribution in [3.8, 4) is 11.7 Å². The van der Waals surface area contributed by atoms with Gasteiger partial charge in [0.1, 0.15) is 5.82 Å². The molecule has 2 aromatic heterocycles. The number of aromatic nitrogens is 3. The maximum atomic E-state index is 13.4. The van der Waals surface area contributed by atoms with Gasteiger partial charge in [-0.1, -0.05) is 25.1 Å². The Balaban J connectivity index is 1.62. The third-order valence-electron chi connectivity index (χ3n) is 6.66. The van der Waals surface area contributed by atoms with Gasteiger partial charge in [-0.05, 0) is 81.4 Å². The Morgan fingerprint density at radius 1 is 1.10 bits per heavy atom. The van der Waals surface area contributed by atoms with Crippen LogP contribution in [0.3, 0.4) is 0 Å². The summed E-state index contributed by atoms with van der Waals surface area (Å²) in [6.45, 7) is 7.65. The number of amides is 1. The van der Waals surface area contributed by atoms with Crippen LogP contribution in [0.25, 0.3) is 5.82 Å². The SMILES string of the molecule is C[C@@H]1CN(c2nc(-n3ccc(OCCCS(C)(C)C)n3)ccc2C(=O)NS(=O)(=O)c2ccccc2)C(C)(C)C1. The van der Waals surface area contributed by atoms with Crippen LogP contribution < -0.4 is 14.4 Å². The summed E-state index contributed by atoms with van der Waals surface area (Å²) in [6.07, 6.45) is 10.5. The summed E-state index contributed by atoms with van der Waals surface area (Å²) in [5.41, 5.74) is -0.0834. The van der Waals surface area contributed by atoms with Crippen LogP contribution in [-0.4, -0.2) is 72.3 Å². The second-order valence-electron chi connectivity index (χ2n) is 11.6. The van der Waals surface area contributed by atoms with Gasteiger partial charge in [0.2, 0.25) is 5.88 Å². The molecule has 1 N–H and O–H groups in total. The summed E-state index contributed by atoms with van der Waals surface area (Å²) in [4.78, 5) is 20.3. The molecule has 1 aliphatic rings. The van der Waals surface area contributed by atoms with Crippen LogP contribution >= 0.6 is 10.0 Å². The van der Waals surface area contributed by atoms with Crippen LogP contribution in [0, 0.1) is 5.92 Å². The number of anilines is 1. The van der Waals surface area contributed by atoms with E-state index in [2.05, 4.69) is 54.3 Å². The molecule has 212 valence electrons. The number of carbonyl (C=O) groups excluding carboxylic acids is 1. The molecule has 1 amide bonds. The van der Waals surface area contributed by atoms with Crippen molar-refractivity contribution in [2.75, 3.05) is 42.6 Å². The van der Waals surface area contributed by atoms with Crippen molar-refractivity contribution < 1.29 is 17.9 Å². The average Bonchev–Trinajstić information content (AvgIpc) is 3.44. The molecule has 39 heavy (non-hydrogen) atoms. The highest BCUT2D eigenvalue weighted by atomic mass is 32.3. The molecule has 1 aliphatic heterocycles. The molecular weight excluding hydrogens is 534 g/mol. The maximum absolute atomic E-state index is 13.4. The largest absolute Gasteiger partial charge is 0.477 e. The average molecular weight is 574 g/mol. The summed E-state index contributed by atoms with van der Waals surface area (Å²) in [6, 6.07) is 12.9. The lowest BCUT2D eigenvalue weighted by Gasteiger charge is -2.34. The highest BCUT2D eigenvalue weighted by molar-refractivity contribution is 8.32. The third-order valence-corrected chi connectivity index (χ3v) is 9.52. The molecule has 0 spiro atoms. The molecule has 0 bridgehead atoms. The third kappa shape index (κ3) is 7.13. The van der Waals surface area contributed by atoms with Gasteiger partial charge in [0.05, 0.1) is 17.1 Å². The Morgan fingerprint density at radius 3 is 2.46 bits per heavy atom. The molecule has 1 saturated heterocycles. The van der Waals surface area contributed by atoms with Crippen LogP contribution in [0.2, 0.25) is 0 Å². The Hall–Kier alpha value is -3.05. The highest BCUT2D eigenvalue weighted by Crippen LogP contribution is 2.38. The van der Waals surface area contributed by atoms with Gasteiger partial charge in [-0.25, -0.2) is 32.8 Å². The maximum Gasteiger partial charge on any atom is 0.268 e. The van der Waals surface area contributed by atoms with Gasteiger partial charge in [0.25, 0.3) is 15.9 Å². The fourth-order valence-corrected chi connectivity index (χ4v) is 6.90. The number of rotatable bonds is 10. The van der Waals surface area contributed by atoms with Crippen LogP contribution in [0.1, 0.15) is 44.0 Å². The highest BCUT2D eigenvalue weighted by Gasteiger charge is 2.39. The summed E-state index contributed by atoms with van der Waals surface area (Å²) in [7, 11) is -4.62. The summed E-state index contributed by atoms with van der Waals surface area (Å²) < 4.78 is 35.5. The number of ether oxygens (including phenoxy) is 1. The quantitative estimate of drug-likeness (QED) is 0.357. The minimum absolute atomic E-state index is 0.0209. The molecule has 0 radical (unpaired) electrons. The van der Waals surface area contributed by atoms with Gasteiger partial charge in [-0.15, -0.1) is 5.10 Å². The van der Waals surface area contributed by atoms with Gasteiger partial charge in [-0.2, -0.15) is 0 Å². The second-order valence-corrected chi connectivity index (χ2v) is 17.9. The predicted octanol–water partition coefficient (Wildman–Crippen LogP) is 4.47. The zero-order valence-electron chi connectivity index (χ0n) is 23.5. The molecular formula is C28H39N5O4S2. The smallest absolute Gasteiger partial charge is 0.268 e. The van der Waals surface area contributed by atoms with E-state index in [4.69, 9.17) is 9.72 Å². The standard InChI is InChI=1S/C28H39N5O4S2/c1-21-19-28(2,3)32(20-21)26-23(27(34)31-39(35,36)22-11-8-7-9-12-22)13-14-24(29-26)33-16-15-25(30-33)37-17-10-18-38(4,5)6/h7-9,11-16,21H,10,17-20H2,1-6H3,(H,31,34)/t21-/m0/s1. The Kier molecular flexibility index (Phi) is 8.32. The lowest BCUT2D eigenvalue weighted by molar-refractivity contribution is 0.0981. The van der Waals surface area contributed by atoms with E-state index in [0.717, 1.165) is 18.6 Å². The molecule has 3 aromatic rings. The van der Waals surface area contributed by atoms with Gasteiger partial charge in [0, 0.05) is 24.3 Å². The van der Waals surface area contributed by atoms with Crippen molar-refractivity contribution in [1.82, 2.24) is 19.5 Å². The van der Waals surface area contributed by atoms with E-state index < -0.39 is 26.0 Å². The number of sulfonamides is 1. The first-order valence-corrected chi connectivity index (χ1v) is 17.5. The van der Waals surface area contributed by atoms with Crippen LogP contribution in [0.15, 0.2) is 59.6 Å². The Labute approximate surface area is 233 Å². The van der Waals surface area contributed by atoms with Crippen LogP contribution in [-0.2, 0) is 10.0 Å². The van der Waals surface area contributed by atoms with Crippen LogP contribution in [0.5, 0.6) is 5.88 Å². The molecule has 0 unspecified atom stereocenters. The van der Waals surface area contributed by atoms with E-state index in [0.29, 0.717) is 36.6 Å². The molecule has 4 rings (SSSR count). The fourth-order valence-electron chi connectivity index (χ4n) is 4.92. The van der Waals surface area contributed by atoms with Gasteiger partial charge in [0.15, 0.2) is 5.82 Å². The summed E-state index contributed by atoms with van der Waals surface area (Å²) >= 11 is 0. The van der Waals surface area contributed by atoms with E-state index in [9.17, 15) is 13.2 Å². The van der Waals surface area contributed by atoms with Crippen molar-refractivity contribution in [3.63, 3.8) is 0 Å². The molecule has 1 aromatic carbocycles. The summed E-state index contributed by atoms with van der Waals surface area (Å²) in [5, 5.41) is 4.53. The number of nitrogens with zero attached hydrogens (tertiary/aromatic N) is 4. The number of benzene rings is 1. The molecule has 9 nitrogen and oxygen atoms in total. The number of pyridine rings is 1. The normalized spacial score (nSPS) is 17.7. The van der Waals surface area contributed by atoms with E-state index in [-0.39, 0.29) is 16.0 Å². The second kappa shape index (κ2) is 11.2. The molecule has 3 heterocycles. The molecule has 0 aliphatic carbocycles. The van der Waals surface area contributed by atoms with Gasteiger partial charge in [-0.3, -0.25) is 4.79 Å². The number of nitrogens with one attached hydrogen (secondary N) is 1. The van der Waals surface area contributed by atoms with Crippen molar-refractivity contribution in [2.45, 2.75) is 44.0 Å². The predicted molar refractivity (Wildman–Crippen MR) is 158 cm³/mol. The van der Waals surface area contributed by atoms with Crippen molar-refractivity contribution in [1.29, 1.82) is 0 Å². The van der Waals surface area contributed by atoms with Crippen molar-refractivity contribution in [2.24, 2.45) is 5.92 Å². The lowest BCUT2D eigenvalue weighted by atomic mass is 9.97. The topological polar surface area (TPSA) is 106 Å². The monoisotopic (exact) mass is 573 g/mol. The molecule has 1 fully saturated rings. The molecule has 1 atom stereocenters. The minimum Gasteiger partial charge on any atom is -0.477 e.